The van der Waals surface area contributed by atoms with Crippen molar-refractivity contribution < 1.29 is 14.3 Å². The van der Waals surface area contributed by atoms with Crippen LogP contribution in [0.15, 0.2) is 0 Å². The second-order valence-electron chi connectivity index (χ2n) is 6.64. The van der Waals surface area contributed by atoms with E-state index in [-0.39, 0.29) is 29.1 Å². The molecule has 128 valence electrons. The molecule has 4 unspecified atom stereocenters. The molecule has 1 aliphatic rings. The Labute approximate surface area is 134 Å². The van der Waals surface area contributed by atoms with Crippen molar-refractivity contribution in [3.63, 3.8) is 0 Å². The highest BCUT2D eigenvalue weighted by Crippen LogP contribution is 2.46. The summed E-state index contributed by atoms with van der Waals surface area (Å²) in [6.07, 6.45) is 1.61. The summed E-state index contributed by atoms with van der Waals surface area (Å²) in [7, 11) is 3.22. The van der Waals surface area contributed by atoms with E-state index in [4.69, 9.17) is 4.74 Å². The Morgan fingerprint density at radius 2 is 1.77 bits per heavy atom. The molecule has 1 heterocycles. The fourth-order valence-corrected chi connectivity index (χ4v) is 3.63. The number of carbonyl (C=O) groups excluding carboxylic acids is 2. The van der Waals surface area contributed by atoms with Crippen molar-refractivity contribution in [2.45, 2.75) is 71.1 Å². The first-order valence-electron chi connectivity index (χ1n) is 8.10. The molecule has 2 N–H and O–H groups in total. The SMILES string of the molecule is CCC1(C)CC(OC(=O)NC)C(C)C(C)(CC)N1C(=O)NC. The van der Waals surface area contributed by atoms with Crippen LogP contribution in [0, 0.1) is 5.92 Å². The van der Waals surface area contributed by atoms with E-state index in [1.807, 2.05) is 4.90 Å². The van der Waals surface area contributed by atoms with Gasteiger partial charge in [-0.2, -0.15) is 0 Å². The van der Waals surface area contributed by atoms with E-state index >= 15 is 0 Å². The van der Waals surface area contributed by atoms with Gasteiger partial charge in [-0.05, 0) is 26.7 Å². The van der Waals surface area contributed by atoms with Gasteiger partial charge < -0.3 is 20.3 Å². The van der Waals surface area contributed by atoms with Crippen molar-refractivity contribution in [1.82, 2.24) is 15.5 Å². The zero-order valence-corrected chi connectivity index (χ0v) is 14.9. The predicted octanol–water partition coefficient (Wildman–Crippen LogP) is 2.73. The molecule has 0 bridgehead atoms. The fraction of sp³-hybridized carbons (Fsp3) is 0.875. The first kappa shape index (κ1) is 18.6. The van der Waals surface area contributed by atoms with Gasteiger partial charge in [0.05, 0.1) is 0 Å². The normalized spacial score (nSPS) is 35.0. The smallest absolute Gasteiger partial charge is 0.407 e. The van der Waals surface area contributed by atoms with Crippen LogP contribution in [0.3, 0.4) is 0 Å². The molecule has 1 fully saturated rings. The molecule has 3 amide bonds. The number of nitrogens with zero attached hydrogens (tertiary/aromatic N) is 1. The van der Waals surface area contributed by atoms with Crippen molar-refractivity contribution >= 4 is 12.1 Å². The molecule has 1 rings (SSSR count). The molecule has 6 nitrogen and oxygen atoms in total. The number of rotatable bonds is 3. The molecule has 1 aliphatic heterocycles. The van der Waals surface area contributed by atoms with Gasteiger partial charge in [0.2, 0.25) is 0 Å². The number of piperidine rings is 1. The minimum atomic E-state index is -0.415. The first-order chi connectivity index (χ1) is 10.2. The Hall–Kier alpha value is -1.46. The summed E-state index contributed by atoms with van der Waals surface area (Å²) in [5.74, 6) is 0.0479. The van der Waals surface area contributed by atoms with E-state index in [0.29, 0.717) is 6.42 Å². The lowest BCUT2D eigenvalue weighted by molar-refractivity contribution is -0.110. The molecule has 0 aromatic rings. The second-order valence-corrected chi connectivity index (χ2v) is 6.64. The van der Waals surface area contributed by atoms with Gasteiger partial charge in [0, 0.05) is 37.5 Å². The van der Waals surface area contributed by atoms with Gasteiger partial charge in [-0.15, -0.1) is 0 Å². The minimum Gasteiger partial charge on any atom is -0.446 e. The highest BCUT2D eigenvalue weighted by Gasteiger charge is 2.55. The Kier molecular flexibility index (Phi) is 5.70. The Bertz CT molecular complexity index is 429. The largest absolute Gasteiger partial charge is 0.446 e. The van der Waals surface area contributed by atoms with Crippen LogP contribution in [0.1, 0.15) is 53.9 Å². The third-order valence-electron chi connectivity index (χ3n) is 5.59. The van der Waals surface area contributed by atoms with Crippen LogP contribution in [0.4, 0.5) is 9.59 Å². The average Bonchev–Trinajstić information content (AvgIpc) is 2.51. The third kappa shape index (κ3) is 3.01. The van der Waals surface area contributed by atoms with Gasteiger partial charge in [0.1, 0.15) is 6.10 Å². The zero-order valence-electron chi connectivity index (χ0n) is 14.9. The van der Waals surface area contributed by atoms with Crippen LogP contribution in [-0.4, -0.2) is 48.3 Å². The molecule has 22 heavy (non-hydrogen) atoms. The summed E-state index contributed by atoms with van der Waals surface area (Å²) in [6, 6.07) is -0.0704. The van der Waals surface area contributed by atoms with Gasteiger partial charge in [-0.3, -0.25) is 0 Å². The maximum atomic E-state index is 12.5. The number of nitrogens with one attached hydrogen (secondary N) is 2. The van der Waals surface area contributed by atoms with E-state index in [2.05, 4.69) is 45.3 Å². The molecule has 0 spiro atoms. The van der Waals surface area contributed by atoms with E-state index in [1.54, 1.807) is 14.1 Å². The Morgan fingerprint density at radius 3 is 2.18 bits per heavy atom. The predicted molar refractivity (Wildman–Crippen MR) is 86.8 cm³/mol. The third-order valence-corrected chi connectivity index (χ3v) is 5.59. The number of carbonyl (C=O) groups is 2. The summed E-state index contributed by atoms with van der Waals surface area (Å²) < 4.78 is 5.60. The van der Waals surface area contributed by atoms with E-state index in [1.165, 1.54) is 0 Å². The van der Waals surface area contributed by atoms with Crippen LogP contribution in [0.25, 0.3) is 0 Å². The van der Waals surface area contributed by atoms with Crippen molar-refractivity contribution in [3.8, 4) is 0 Å². The minimum absolute atomic E-state index is 0.0479. The number of amides is 3. The quantitative estimate of drug-likeness (QED) is 0.841. The number of likely N-dealkylation sites (tertiary alicyclic amines) is 1. The average molecular weight is 313 g/mol. The van der Waals surface area contributed by atoms with Gasteiger partial charge in [0.25, 0.3) is 0 Å². The highest BCUT2D eigenvalue weighted by molar-refractivity contribution is 5.76. The molecule has 0 radical (unpaired) electrons. The Morgan fingerprint density at radius 1 is 1.18 bits per heavy atom. The standard InChI is InChI=1S/C16H31N3O3/c1-8-15(4)10-12(22-14(21)18-7)11(3)16(5,9-2)19(15)13(20)17-6/h11-12H,8-10H2,1-7H3,(H,17,20)(H,18,21). The number of ether oxygens (including phenoxy) is 1. The van der Waals surface area contributed by atoms with Gasteiger partial charge in [-0.25, -0.2) is 9.59 Å². The molecule has 0 aromatic heterocycles. The molecule has 0 aliphatic carbocycles. The molecule has 4 atom stereocenters. The lowest BCUT2D eigenvalue weighted by Crippen LogP contribution is -2.71. The van der Waals surface area contributed by atoms with Crippen molar-refractivity contribution in [2.24, 2.45) is 5.92 Å². The number of alkyl carbamates (subject to hydrolysis) is 1. The van der Waals surface area contributed by atoms with Crippen molar-refractivity contribution in [2.75, 3.05) is 14.1 Å². The second kappa shape index (κ2) is 6.75. The molecule has 1 saturated heterocycles. The molecule has 0 aromatic carbocycles. The zero-order chi connectivity index (χ0) is 17.1. The summed E-state index contributed by atoms with van der Waals surface area (Å²) in [5, 5.41) is 5.28. The maximum absolute atomic E-state index is 12.5. The van der Waals surface area contributed by atoms with E-state index < -0.39 is 6.09 Å². The van der Waals surface area contributed by atoms with Crippen LogP contribution in [-0.2, 0) is 4.74 Å². The number of urea groups is 1. The van der Waals surface area contributed by atoms with E-state index in [0.717, 1.165) is 12.8 Å². The van der Waals surface area contributed by atoms with Gasteiger partial charge in [-0.1, -0.05) is 20.8 Å². The van der Waals surface area contributed by atoms with Crippen molar-refractivity contribution in [3.05, 3.63) is 0 Å². The van der Waals surface area contributed by atoms with Gasteiger partial charge in [0.15, 0.2) is 0 Å². The van der Waals surface area contributed by atoms with Crippen LogP contribution in [0.5, 0.6) is 0 Å². The van der Waals surface area contributed by atoms with Crippen LogP contribution < -0.4 is 10.6 Å². The summed E-state index contributed by atoms with van der Waals surface area (Å²) >= 11 is 0. The first-order valence-corrected chi connectivity index (χ1v) is 8.10. The summed E-state index contributed by atoms with van der Waals surface area (Å²) in [5.41, 5.74) is -0.724. The summed E-state index contributed by atoms with van der Waals surface area (Å²) in [4.78, 5) is 26.2. The summed E-state index contributed by atoms with van der Waals surface area (Å²) in [6.45, 7) is 10.4. The monoisotopic (exact) mass is 313 g/mol. The van der Waals surface area contributed by atoms with Gasteiger partial charge >= 0.3 is 12.1 Å². The Balaban J connectivity index is 3.27. The topological polar surface area (TPSA) is 70.7 Å². The lowest BCUT2D eigenvalue weighted by Gasteiger charge is -2.59. The maximum Gasteiger partial charge on any atom is 0.407 e. The molecule has 0 saturated carbocycles. The molecular weight excluding hydrogens is 282 g/mol. The van der Waals surface area contributed by atoms with Crippen LogP contribution >= 0.6 is 0 Å². The number of hydrogen-bond acceptors (Lipinski definition) is 3. The fourth-order valence-electron chi connectivity index (χ4n) is 3.63. The highest BCUT2D eigenvalue weighted by atomic mass is 16.6. The van der Waals surface area contributed by atoms with Crippen molar-refractivity contribution in [1.29, 1.82) is 0 Å². The lowest BCUT2D eigenvalue weighted by atomic mass is 9.68. The molecule has 6 heteroatoms. The molecular formula is C16H31N3O3. The van der Waals surface area contributed by atoms with E-state index in [9.17, 15) is 9.59 Å². The number of hydrogen-bond donors (Lipinski definition) is 2. The van der Waals surface area contributed by atoms with Crippen LogP contribution in [0.2, 0.25) is 0 Å².